The number of phenols is 1. The lowest BCUT2D eigenvalue weighted by Crippen LogP contribution is -2.48. The Labute approximate surface area is 191 Å². The quantitative estimate of drug-likeness (QED) is 0.176. The number of urea groups is 2. The number of aromatic hydroxyl groups is 1. The first-order valence-corrected chi connectivity index (χ1v) is 10.5. The molecule has 0 spiro atoms. The molecule has 10 heteroatoms. The summed E-state index contributed by atoms with van der Waals surface area (Å²) in [7, 11) is 1.63. The van der Waals surface area contributed by atoms with Crippen LogP contribution in [0.1, 0.15) is 19.8 Å². The normalized spacial score (nSPS) is 11.3. The van der Waals surface area contributed by atoms with Crippen LogP contribution < -0.4 is 31.5 Å². The molecule has 33 heavy (non-hydrogen) atoms. The van der Waals surface area contributed by atoms with E-state index in [2.05, 4.69) is 38.7 Å². The number of anilines is 2. The Morgan fingerprint density at radius 2 is 1.85 bits per heavy atom. The van der Waals surface area contributed by atoms with Gasteiger partial charge in [-0.3, -0.25) is 4.98 Å². The fraction of sp³-hybridized carbons (Fsp3) is 0.261. The summed E-state index contributed by atoms with van der Waals surface area (Å²) in [5, 5.41) is 18.9. The van der Waals surface area contributed by atoms with Crippen molar-refractivity contribution >= 4 is 34.3 Å². The van der Waals surface area contributed by atoms with Crippen LogP contribution in [0.3, 0.4) is 0 Å². The fourth-order valence-electron chi connectivity index (χ4n) is 3.21. The Kier molecular flexibility index (Phi) is 8.12. The summed E-state index contributed by atoms with van der Waals surface area (Å²) in [6.45, 7) is 2.50. The van der Waals surface area contributed by atoms with E-state index >= 15 is 0 Å². The third-order valence-electron chi connectivity index (χ3n) is 4.83. The van der Waals surface area contributed by atoms with Gasteiger partial charge in [0.1, 0.15) is 11.5 Å². The van der Waals surface area contributed by atoms with Crippen LogP contribution in [0.25, 0.3) is 10.9 Å². The number of ether oxygens (including phenoxy) is 1. The monoisotopic (exact) mass is 452 g/mol. The molecule has 6 N–H and O–H groups in total. The van der Waals surface area contributed by atoms with E-state index in [4.69, 9.17) is 4.74 Å². The van der Waals surface area contributed by atoms with E-state index in [0.717, 1.165) is 35.2 Å². The highest BCUT2D eigenvalue weighted by molar-refractivity contribution is 5.92. The number of pyridine rings is 1. The number of methoxy groups -OCH3 is 1. The van der Waals surface area contributed by atoms with Crippen LogP contribution in [0.5, 0.6) is 11.5 Å². The second-order valence-electron chi connectivity index (χ2n) is 7.44. The number of phenolic OH excluding ortho intramolecular Hbond substituents is 1. The topological polar surface area (TPSA) is 137 Å². The zero-order chi connectivity index (χ0) is 23.6. The van der Waals surface area contributed by atoms with Crippen LogP contribution >= 0.6 is 0 Å². The molecule has 0 saturated carbocycles. The summed E-state index contributed by atoms with van der Waals surface area (Å²) in [6, 6.07) is 12.7. The number of carbonyl (C=O) groups is 2. The number of nitrogens with zero attached hydrogens (tertiary/aromatic N) is 1. The molecule has 0 fully saturated rings. The van der Waals surface area contributed by atoms with Crippen LogP contribution in [-0.4, -0.2) is 41.8 Å². The average molecular weight is 453 g/mol. The first kappa shape index (κ1) is 23.5. The van der Waals surface area contributed by atoms with Gasteiger partial charge in [-0.15, -0.1) is 0 Å². The standard InChI is InChI=1S/C23H28N6O4/c1-15(26-20-14-19(33-2)13-16-6-4-11-24-21(16)20)5-3-12-25-22(31)28-29-23(32)27-17-7-9-18(30)10-8-17/h4,6-11,13-15,26,30H,3,5,12H2,1-2H3,(H2,25,28,31)(H2,27,29,32). The van der Waals surface area contributed by atoms with Crippen LogP contribution in [-0.2, 0) is 0 Å². The van der Waals surface area contributed by atoms with Crippen LogP contribution in [0, 0.1) is 0 Å². The lowest BCUT2D eigenvalue weighted by molar-refractivity contribution is 0.229. The van der Waals surface area contributed by atoms with Gasteiger partial charge in [-0.1, -0.05) is 6.07 Å². The van der Waals surface area contributed by atoms with Crippen LogP contribution in [0.15, 0.2) is 54.7 Å². The largest absolute Gasteiger partial charge is 0.508 e. The number of rotatable bonds is 8. The number of fused-ring (bicyclic) bond motifs is 1. The van der Waals surface area contributed by atoms with E-state index in [9.17, 15) is 14.7 Å². The van der Waals surface area contributed by atoms with E-state index < -0.39 is 12.1 Å². The highest BCUT2D eigenvalue weighted by Crippen LogP contribution is 2.28. The molecular weight excluding hydrogens is 424 g/mol. The van der Waals surface area contributed by atoms with E-state index in [1.54, 1.807) is 13.3 Å². The number of hydrazine groups is 1. The van der Waals surface area contributed by atoms with Crippen molar-refractivity contribution in [3.8, 4) is 11.5 Å². The summed E-state index contributed by atoms with van der Waals surface area (Å²) < 4.78 is 5.38. The molecule has 2 aromatic carbocycles. The molecule has 0 aliphatic heterocycles. The minimum absolute atomic E-state index is 0.0940. The first-order chi connectivity index (χ1) is 15.9. The van der Waals surface area contributed by atoms with E-state index in [1.807, 2.05) is 24.3 Å². The van der Waals surface area contributed by atoms with Crippen LogP contribution in [0.2, 0.25) is 0 Å². The van der Waals surface area contributed by atoms with Gasteiger partial charge < -0.3 is 25.8 Å². The Morgan fingerprint density at radius 1 is 1.09 bits per heavy atom. The van der Waals surface area contributed by atoms with E-state index in [-0.39, 0.29) is 11.8 Å². The summed E-state index contributed by atoms with van der Waals surface area (Å²) >= 11 is 0. The second-order valence-corrected chi connectivity index (χ2v) is 7.44. The molecule has 1 atom stereocenters. The molecule has 0 saturated heterocycles. The molecule has 0 aliphatic carbocycles. The highest BCUT2D eigenvalue weighted by atomic mass is 16.5. The summed E-state index contributed by atoms with van der Waals surface area (Å²) in [6.07, 6.45) is 3.30. The average Bonchev–Trinajstić information content (AvgIpc) is 2.82. The van der Waals surface area contributed by atoms with Crippen molar-refractivity contribution in [2.45, 2.75) is 25.8 Å². The molecule has 1 aromatic heterocycles. The molecule has 3 rings (SSSR count). The van der Waals surface area contributed by atoms with Gasteiger partial charge in [0.15, 0.2) is 0 Å². The minimum atomic E-state index is -0.604. The van der Waals surface area contributed by atoms with Crippen molar-refractivity contribution in [2.24, 2.45) is 0 Å². The van der Waals surface area contributed by atoms with Crippen molar-refractivity contribution < 1.29 is 19.4 Å². The van der Waals surface area contributed by atoms with Gasteiger partial charge in [0.25, 0.3) is 0 Å². The lowest BCUT2D eigenvalue weighted by atomic mass is 10.1. The lowest BCUT2D eigenvalue weighted by Gasteiger charge is -2.17. The van der Waals surface area contributed by atoms with Crippen molar-refractivity contribution in [3.63, 3.8) is 0 Å². The molecule has 1 heterocycles. The first-order valence-electron chi connectivity index (χ1n) is 10.5. The molecule has 0 radical (unpaired) electrons. The van der Waals surface area contributed by atoms with Gasteiger partial charge >= 0.3 is 12.1 Å². The van der Waals surface area contributed by atoms with Gasteiger partial charge in [-0.05, 0) is 56.2 Å². The maximum atomic E-state index is 11.9. The maximum Gasteiger partial charge on any atom is 0.337 e. The Hall–Kier alpha value is -4.21. The van der Waals surface area contributed by atoms with Gasteiger partial charge in [0, 0.05) is 35.9 Å². The summed E-state index contributed by atoms with van der Waals surface area (Å²) in [5.41, 5.74) is 6.77. The number of hydrogen-bond donors (Lipinski definition) is 6. The van der Waals surface area contributed by atoms with Crippen LogP contribution in [0.4, 0.5) is 21.0 Å². The van der Waals surface area contributed by atoms with Gasteiger partial charge in [0.05, 0.1) is 18.3 Å². The number of aromatic nitrogens is 1. The molecule has 10 nitrogen and oxygen atoms in total. The predicted molar refractivity (Wildman–Crippen MR) is 127 cm³/mol. The third kappa shape index (κ3) is 7.17. The Balaban J connectivity index is 1.36. The van der Waals surface area contributed by atoms with Gasteiger partial charge in [-0.25, -0.2) is 20.4 Å². The van der Waals surface area contributed by atoms with Crippen molar-refractivity contribution in [1.29, 1.82) is 0 Å². The molecule has 3 aromatic rings. The molecule has 0 bridgehead atoms. The molecular formula is C23H28N6O4. The Bertz CT molecular complexity index is 1090. The molecule has 174 valence electrons. The summed E-state index contributed by atoms with van der Waals surface area (Å²) in [5.74, 6) is 0.849. The minimum Gasteiger partial charge on any atom is -0.508 e. The van der Waals surface area contributed by atoms with Gasteiger partial charge in [0.2, 0.25) is 0 Å². The zero-order valence-corrected chi connectivity index (χ0v) is 18.5. The summed E-state index contributed by atoms with van der Waals surface area (Å²) in [4.78, 5) is 28.1. The maximum absolute atomic E-state index is 11.9. The third-order valence-corrected chi connectivity index (χ3v) is 4.83. The smallest absolute Gasteiger partial charge is 0.337 e. The SMILES string of the molecule is COc1cc(NC(C)CCCNC(=O)NNC(=O)Nc2ccc(O)cc2)c2ncccc2c1. The molecule has 0 aliphatic rings. The number of hydrogen-bond acceptors (Lipinski definition) is 6. The van der Waals surface area contributed by atoms with Gasteiger partial charge in [-0.2, -0.15) is 0 Å². The molecule has 1 unspecified atom stereocenters. The van der Waals surface area contributed by atoms with E-state index in [0.29, 0.717) is 12.2 Å². The predicted octanol–water partition coefficient (Wildman–Crippen LogP) is 3.57. The van der Waals surface area contributed by atoms with Crippen molar-refractivity contribution in [2.75, 3.05) is 24.3 Å². The second kappa shape index (κ2) is 11.4. The Morgan fingerprint density at radius 3 is 2.61 bits per heavy atom. The number of nitrogens with one attached hydrogen (secondary N) is 5. The zero-order valence-electron chi connectivity index (χ0n) is 18.5. The number of carbonyl (C=O) groups excluding carboxylic acids is 2. The highest BCUT2D eigenvalue weighted by Gasteiger charge is 2.10. The number of amides is 4. The van der Waals surface area contributed by atoms with Crippen molar-refractivity contribution in [1.82, 2.24) is 21.2 Å². The van der Waals surface area contributed by atoms with Crippen molar-refractivity contribution in [3.05, 3.63) is 54.7 Å². The van der Waals surface area contributed by atoms with E-state index in [1.165, 1.54) is 24.3 Å². The molecule has 4 amide bonds. The number of benzene rings is 2. The fourth-order valence-corrected chi connectivity index (χ4v) is 3.21.